The molecule has 22 heavy (non-hydrogen) atoms. The van der Waals surface area contributed by atoms with Gasteiger partial charge in [-0.3, -0.25) is 4.79 Å². The largest absolute Gasteiger partial charge is 0.382 e. The van der Waals surface area contributed by atoms with Crippen molar-refractivity contribution in [2.45, 2.75) is 60.3 Å². The molecule has 1 saturated heterocycles. The van der Waals surface area contributed by atoms with E-state index in [1.807, 2.05) is 34.6 Å². The van der Waals surface area contributed by atoms with Crippen LogP contribution < -0.4 is 5.73 Å². The summed E-state index contributed by atoms with van der Waals surface area (Å²) in [5.41, 5.74) is 4.17. The van der Waals surface area contributed by atoms with Crippen molar-refractivity contribution in [3.05, 3.63) is 0 Å². The molecule has 0 aromatic carbocycles. The molecule has 1 aliphatic rings. The Morgan fingerprint density at radius 1 is 0.955 bits per heavy atom. The highest BCUT2D eigenvalue weighted by atomic mass is 16.5. The third kappa shape index (κ3) is 24.4. The maximum absolute atomic E-state index is 8.58. The summed E-state index contributed by atoms with van der Waals surface area (Å²) in [6.07, 6.45) is 5.41. The molecule has 2 N–H and O–H groups in total. The first kappa shape index (κ1) is 26.3. The molecule has 0 radical (unpaired) electrons. The molecule has 1 heterocycles. The first-order valence-corrected chi connectivity index (χ1v) is 8.88. The van der Waals surface area contributed by atoms with Gasteiger partial charge in [-0.15, -0.1) is 0 Å². The van der Waals surface area contributed by atoms with Crippen LogP contribution in [0.3, 0.4) is 0 Å². The van der Waals surface area contributed by atoms with E-state index in [9.17, 15) is 0 Å². The minimum atomic E-state index is 0.250. The van der Waals surface area contributed by atoms with Crippen molar-refractivity contribution in [1.29, 1.82) is 0 Å². The molecule has 0 unspecified atom stereocenters. The molecule has 0 aromatic rings. The summed E-state index contributed by atoms with van der Waals surface area (Å²) in [7, 11) is 0. The number of likely N-dealkylation sites (tertiary alicyclic amines) is 1. The number of carbonyl (C=O) groups excluding carboxylic acids is 1. The van der Waals surface area contributed by atoms with Crippen LogP contribution in [0, 0.1) is 0 Å². The van der Waals surface area contributed by atoms with Gasteiger partial charge in [0.25, 0.3) is 0 Å². The summed E-state index contributed by atoms with van der Waals surface area (Å²) in [5.74, 6) is 0. The molecular weight excluding hydrogens is 280 g/mol. The van der Waals surface area contributed by atoms with Crippen molar-refractivity contribution in [2.75, 3.05) is 46.1 Å². The average molecular weight is 321 g/mol. The van der Waals surface area contributed by atoms with Crippen LogP contribution in [-0.4, -0.2) is 57.4 Å². The predicted molar refractivity (Wildman–Crippen MR) is 95.2 cm³/mol. The molecule has 1 aliphatic heterocycles. The number of rotatable bonds is 8. The highest BCUT2D eigenvalue weighted by molar-refractivity contribution is 5.42. The predicted octanol–water partition coefficient (Wildman–Crippen LogP) is 3.07. The van der Waals surface area contributed by atoms with Crippen LogP contribution in [0.2, 0.25) is 0 Å². The van der Waals surface area contributed by atoms with Crippen molar-refractivity contribution in [1.82, 2.24) is 4.90 Å². The fourth-order valence-electron chi connectivity index (χ4n) is 1.89. The fraction of sp³-hybridized carbons (Fsp3) is 0.941. The van der Waals surface area contributed by atoms with E-state index in [0.717, 1.165) is 39.4 Å². The van der Waals surface area contributed by atoms with Gasteiger partial charge in [0.05, 0.1) is 6.61 Å². The normalized spacial score (nSPS) is 13.5. The van der Waals surface area contributed by atoms with Crippen LogP contribution in [0.15, 0.2) is 0 Å². The molecule has 0 aliphatic carbocycles. The van der Waals surface area contributed by atoms with Crippen molar-refractivity contribution in [3.8, 4) is 0 Å². The summed E-state index contributed by atoms with van der Waals surface area (Å²) in [4.78, 5) is 11.1. The highest BCUT2D eigenvalue weighted by Gasteiger charge is 2.08. The Labute approximate surface area is 138 Å². The quantitative estimate of drug-likeness (QED) is 0.551. The third-order valence-corrected chi connectivity index (χ3v) is 2.78. The molecule has 1 fully saturated rings. The van der Waals surface area contributed by atoms with Gasteiger partial charge in [0.1, 0.15) is 0 Å². The van der Waals surface area contributed by atoms with Crippen LogP contribution in [0.25, 0.3) is 0 Å². The molecule has 1 amide bonds. The van der Waals surface area contributed by atoms with E-state index in [4.69, 9.17) is 14.3 Å². The minimum absolute atomic E-state index is 0.250. The average Bonchev–Trinajstić information content (AvgIpc) is 2.59. The Morgan fingerprint density at radius 3 is 1.95 bits per heavy atom. The first-order valence-electron chi connectivity index (χ1n) is 8.88. The van der Waals surface area contributed by atoms with Crippen LogP contribution >= 0.6 is 0 Å². The van der Waals surface area contributed by atoms with E-state index in [-0.39, 0.29) is 6.41 Å². The molecule has 0 saturated carbocycles. The van der Waals surface area contributed by atoms with Crippen molar-refractivity contribution in [2.24, 2.45) is 5.73 Å². The number of ether oxygens (including phenoxy) is 2. The van der Waals surface area contributed by atoms with Crippen molar-refractivity contribution >= 4 is 6.41 Å². The summed E-state index contributed by atoms with van der Waals surface area (Å²) in [6, 6.07) is 0. The molecule has 0 bridgehead atoms. The van der Waals surface area contributed by atoms with Gasteiger partial charge in [0.15, 0.2) is 0 Å². The molecule has 0 spiro atoms. The smallest absolute Gasteiger partial charge is 0.204 e. The Hall–Kier alpha value is -0.650. The van der Waals surface area contributed by atoms with Crippen LogP contribution in [0.4, 0.5) is 0 Å². The first-order chi connectivity index (χ1) is 10.8. The molecule has 1 rings (SSSR count). The number of piperidine rings is 1. The van der Waals surface area contributed by atoms with Crippen LogP contribution in [-0.2, 0) is 14.3 Å². The molecule has 136 valence electrons. The topological polar surface area (TPSA) is 64.8 Å². The van der Waals surface area contributed by atoms with Crippen molar-refractivity contribution in [3.63, 3.8) is 0 Å². The highest BCUT2D eigenvalue weighted by Crippen LogP contribution is 2.07. The Bertz CT molecular complexity index is 175. The third-order valence-electron chi connectivity index (χ3n) is 2.78. The van der Waals surface area contributed by atoms with Gasteiger partial charge in [0, 0.05) is 26.4 Å². The van der Waals surface area contributed by atoms with Gasteiger partial charge < -0.3 is 20.1 Å². The molecular formula is C17H40N2O3. The van der Waals surface area contributed by atoms with Gasteiger partial charge in [0.2, 0.25) is 6.41 Å². The summed E-state index contributed by atoms with van der Waals surface area (Å²) < 4.78 is 10.8. The zero-order chi connectivity index (χ0) is 17.5. The summed E-state index contributed by atoms with van der Waals surface area (Å²) >= 11 is 0. The zero-order valence-electron chi connectivity index (χ0n) is 15.6. The van der Waals surface area contributed by atoms with E-state index < -0.39 is 0 Å². The SMILES string of the molecule is CC.CC.CCOCCCOCCN1CCCCC1.NC=O. The number of hydrogen-bond acceptors (Lipinski definition) is 4. The van der Waals surface area contributed by atoms with E-state index in [1.165, 1.54) is 32.4 Å². The number of carbonyl (C=O) groups is 1. The van der Waals surface area contributed by atoms with Crippen LogP contribution in [0.1, 0.15) is 60.3 Å². The van der Waals surface area contributed by atoms with E-state index >= 15 is 0 Å². The molecule has 0 aromatic heterocycles. The number of amides is 1. The van der Waals surface area contributed by atoms with Gasteiger partial charge in [-0.2, -0.15) is 0 Å². The van der Waals surface area contributed by atoms with Gasteiger partial charge in [-0.25, -0.2) is 0 Å². The lowest BCUT2D eigenvalue weighted by molar-refractivity contribution is -0.106. The van der Waals surface area contributed by atoms with Gasteiger partial charge in [-0.1, -0.05) is 34.1 Å². The monoisotopic (exact) mass is 320 g/mol. The van der Waals surface area contributed by atoms with Crippen molar-refractivity contribution < 1.29 is 14.3 Å². The van der Waals surface area contributed by atoms with E-state index in [2.05, 4.69) is 10.6 Å². The lowest BCUT2D eigenvalue weighted by atomic mass is 10.1. The Morgan fingerprint density at radius 2 is 1.45 bits per heavy atom. The summed E-state index contributed by atoms with van der Waals surface area (Å²) in [5, 5.41) is 0. The van der Waals surface area contributed by atoms with E-state index in [1.54, 1.807) is 0 Å². The Kier molecular flexibility index (Phi) is 34.0. The zero-order valence-corrected chi connectivity index (χ0v) is 15.6. The minimum Gasteiger partial charge on any atom is -0.382 e. The van der Waals surface area contributed by atoms with Gasteiger partial charge in [-0.05, 0) is 39.3 Å². The lowest BCUT2D eigenvalue weighted by Crippen LogP contribution is -2.32. The summed E-state index contributed by atoms with van der Waals surface area (Å²) in [6.45, 7) is 17.0. The molecule has 0 atom stereocenters. The molecule has 5 heteroatoms. The molecule has 5 nitrogen and oxygen atoms in total. The Balaban J connectivity index is -0.000000446. The second kappa shape index (κ2) is 28.5. The maximum Gasteiger partial charge on any atom is 0.204 e. The lowest BCUT2D eigenvalue weighted by Gasteiger charge is -2.26. The number of hydrogen-bond donors (Lipinski definition) is 1. The number of nitrogens with zero attached hydrogens (tertiary/aromatic N) is 1. The number of primary amides is 1. The second-order valence-electron chi connectivity index (χ2n) is 4.20. The fourth-order valence-corrected chi connectivity index (χ4v) is 1.89. The maximum atomic E-state index is 8.58. The standard InChI is InChI=1S/C12H25NO2.2C2H6.CH3NO/c1-2-14-10-6-11-15-12-9-13-7-4-3-5-8-13;2*1-2;2-1-3/h2-12H2,1H3;2*1-2H3;1H,(H2,2,3). The van der Waals surface area contributed by atoms with Crippen LogP contribution in [0.5, 0.6) is 0 Å². The number of nitrogens with two attached hydrogens (primary N) is 1. The second-order valence-corrected chi connectivity index (χ2v) is 4.20. The van der Waals surface area contributed by atoms with Gasteiger partial charge >= 0.3 is 0 Å². The van der Waals surface area contributed by atoms with E-state index in [0.29, 0.717) is 0 Å².